The van der Waals surface area contributed by atoms with Crippen molar-refractivity contribution in [3.8, 4) is 5.75 Å². The van der Waals surface area contributed by atoms with Crippen LogP contribution in [0.25, 0.3) is 0 Å². The molecule has 1 fully saturated rings. The molecule has 32 heavy (non-hydrogen) atoms. The monoisotopic (exact) mass is 432 g/mol. The van der Waals surface area contributed by atoms with Crippen molar-refractivity contribution in [2.24, 2.45) is 0 Å². The molecule has 0 radical (unpaired) electrons. The number of nitrogens with zero attached hydrogens (tertiary/aromatic N) is 2. The van der Waals surface area contributed by atoms with Gasteiger partial charge in [0.15, 0.2) is 5.78 Å². The summed E-state index contributed by atoms with van der Waals surface area (Å²) in [5.74, 6) is 0.0480. The Morgan fingerprint density at radius 1 is 0.875 bits per heavy atom. The molecule has 0 aliphatic carbocycles. The van der Waals surface area contributed by atoms with Crippen LogP contribution in [0.1, 0.15) is 31.8 Å². The Morgan fingerprint density at radius 3 is 2.22 bits per heavy atom. The fourth-order valence-electron chi connectivity index (χ4n) is 4.00. The SMILES string of the molecule is COc1ccc(F)cc1CN1CCN(C(=O)c2ccccc2C(=O)c2ccccc2)CC1. The van der Waals surface area contributed by atoms with Gasteiger partial charge in [-0.25, -0.2) is 4.39 Å². The second-order valence-corrected chi connectivity index (χ2v) is 7.77. The van der Waals surface area contributed by atoms with E-state index in [4.69, 9.17) is 4.74 Å². The van der Waals surface area contributed by atoms with Gasteiger partial charge in [0.1, 0.15) is 11.6 Å². The highest BCUT2D eigenvalue weighted by atomic mass is 19.1. The van der Waals surface area contributed by atoms with Crippen LogP contribution in [0.4, 0.5) is 4.39 Å². The number of ketones is 1. The summed E-state index contributed by atoms with van der Waals surface area (Å²) in [5.41, 5.74) is 2.17. The number of methoxy groups -OCH3 is 1. The van der Waals surface area contributed by atoms with Crippen molar-refractivity contribution >= 4 is 11.7 Å². The minimum Gasteiger partial charge on any atom is -0.496 e. The minimum absolute atomic E-state index is 0.145. The smallest absolute Gasteiger partial charge is 0.254 e. The summed E-state index contributed by atoms with van der Waals surface area (Å²) >= 11 is 0. The summed E-state index contributed by atoms with van der Waals surface area (Å²) in [6.07, 6.45) is 0. The van der Waals surface area contributed by atoms with E-state index in [1.165, 1.54) is 12.1 Å². The number of hydrogen-bond acceptors (Lipinski definition) is 4. The van der Waals surface area contributed by atoms with Gasteiger partial charge in [0, 0.05) is 49.4 Å². The van der Waals surface area contributed by atoms with E-state index in [0.29, 0.717) is 55.2 Å². The van der Waals surface area contributed by atoms with Crippen molar-refractivity contribution in [3.63, 3.8) is 0 Å². The Bertz CT molecular complexity index is 1110. The highest BCUT2D eigenvalue weighted by Gasteiger charge is 2.26. The molecule has 164 valence electrons. The van der Waals surface area contributed by atoms with Gasteiger partial charge in [-0.1, -0.05) is 48.5 Å². The third-order valence-electron chi connectivity index (χ3n) is 5.73. The third-order valence-corrected chi connectivity index (χ3v) is 5.73. The summed E-state index contributed by atoms with van der Waals surface area (Å²) in [6.45, 7) is 2.92. The van der Waals surface area contributed by atoms with E-state index in [1.54, 1.807) is 54.5 Å². The van der Waals surface area contributed by atoms with E-state index in [2.05, 4.69) is 4.90 Å². The molecular formula is C26H25FN2O3. The topological polar surface area (TPSA) is 49.9 Å². The van der Waals surface area contributed by atoms with E-state index < -0.39 is 0 Å². The van der Waals surface area contributed by atoms with Gasteiger partial charge < -0.3 is 9.64 Å². The fourth-order valence-corrected chi connectivity index (χ4v) is 4.00. The number of carbonyl (C=O) groups excluding carboxylic acids is 2. The molecule has 0 atom stereocenters. The van der Waals surface area contributed by atoms with Gasteiger partial charge in [0.05, 0.1) is 12.7 Å². The fraction of sp³-hybridized carbons (Fsp3) is 0.231. The van der Waals surface area contributed by atoms with Crippen molar-refractivity contribution in [1.29, 1.82) is 0 Å². The zero-order valence-corrected chi connectivity index (χ0v) is 18.0. The highest BCUT2D eigenvalue weighted by Crippen LogP contribution is 2.23. The van der Waals surface area contributed by atoms with Gasteiger partial charge in [0.25, 0.3) is 5.91 Å². The number of rotatable bonds is 6. The molecule has 1 aliphatic rings. The van der Waals surface area contributed by atoms with E-state index in [9.17, 15) is 14.0 Å². The van der Waals surface area contributed by atoms with Gasteiger partial charge in [-0.15, -0.1) is 0 Å². The van der Waals surface area contributed by atoms with Crippen molar-refractivity contribution in [3.05, 3.63) is 101 Å². The Morgan fingerprint density at radius 2 is 1.53 bits per heavy atom. The second kappa shape index (κ2) is 9.75. The first kappa shape index (κ1) is 21.7. The predicted octanol–water partition coefficient (Wildman–Crippen LogP) is 4.02. The molecule has 4 rings (SSSR count). The van der Waals surface area contributed by atoms with Gasteiger partial charge in [-0.05, 0) is 24.3 Å². The molecule has 1 heterocycles. The molecule has 0 saturated carbocycles. The van der Waals surface area contributed by atoms with Gasteiger partial charge >= 0.3 is 0 Å². The Kier molecular flexibility index (Phi) is 6.61. The predicted molar refractivity (Wildman–Crippen MR) is 120 cm³/mol. The lowest BCUT2D eigenvalue weighted by Crippen LogP contribution is -2.48. The molecule has 1 amide bonds. The second-order valence-electron chi connectivity index (χ2n) is 7.77. The van der Waals surface area contributed by atoms with Crippen LogP contribution < -0.4 is 4.74 Å². The van der Waals surface area contributed by atoms with Crippen LogP contribution in [-0.4, -0.2) is 54.8 Å². The standard InChI is InChI=1S/C26H25FN2O3/c1-32-24-12-11-21(27)17-20(24)18-28-13-15-29(16-14-28)26(31)23-10-6-5-9-22(23)25(30)19-7-3-2-4-8-19/h2-12,17H,13-16,18H2,1H3. The zero-order chi connectivity index (χ0) is 22.5. The van der Waals surface area contributed by atoms with E-state index in [-0.39, 0.29) is 17.5 Å². The number of ether oxygens (including phenoxy) is 1. The van der Waals surface area contributed by atoms with Crippen LogP contribution in [0, 0.1) is 5.82 Å². The van der Waals surface area contributed by atoms with E-state index in [0.717, 1.165) is 5.56 Å². The van der Waals surface area contributed by atoms with E-state index in [1.807, 2.05) is 18.2 Å². The van der Waals surface area contributed by atoms with Gasteiger partial charge in [-0.3, -0.25) is 14.5 Å². The molecule has 0 aromatic heterocycles. The molecule has 3 aromatic carbocycles. The Balaban J connectivity index is 1.45. The van der Waals surface area contributed by atoms with Gasteiger partial charge in [0.2, 0.25) is 0 Å². The lowest BCUT2D eigenvalue weighted by Gasteiger charge is -2.35. The first-order valence-electron chi connectivity index (χ1n) is 10.6. The molecule has 1 saturated heterocycles. The number of hydrogen-bond donors (Lipinski definition) is 0. The first-order chi connectivity index (χ1) is 15.6. The van der Waals surface area contributed by atoms with Crippen LogP contribution >= 0.6 is 0 Å². The lowest BCUT2D eigenvalue weighted by molar-refractivity contribution is 0.0624. The molecule has 0 bridgehead atoms. The normalized spacial score (nSPS) is 14.2. The minimum atomic E-state index is -0.297. The number of halogens is 1. The van der Waals surface area contributed by atoms with E-state index >= 15 is 0 Å². The highest BCUT2D eigenvalue weighted by molar-refractivity contribution is 6.15. The van der Waals surface area contributed by atoms with Crippen molar-refractivity contribution in [1.82, 2.24) is 9.80 Å². The Hall–Kier alpha value is -3.51. The van der Waals surface area contributed by atoms with Crippen LogP contribution in [0.5, 0.6) is 5.75 Å². The largest absolute Gasteiger partial charge is 0.496 e. The number of amides is 1. The van der Waals surface area contributed by atoms with Crippen LogP contribution in [-0.2, 0) is 6.54 Å². The maximum absolute atomic E-state index is 13.7. The molecular weight excluding hydrogens is 407 g/mol. The molecule has 3 aromatic rings. The zero-order valence-electron chi connectivity index (χ0n) is 18.0. The first-order valence-corrected chi connectivity index (χ1v) is 10.6. The number of piperazine rings is 1. The summed E-state index contributed by atoms with van der Waals surface area (Å²) in [5, 5.41) is 0. The van der Waals surface area contributed by atoms with Crippen LogP contribution in [0.3, 0.4) is 0 Å². The third kappa shape index (κ3) is 4.70. The number of carbonyl (C=O) groups is 2. The maximum atomic E-state index is 13.7. The molecule has 6 heteroatoms. The number of benzene rings is 3. The quantitative estimate of drug-likeness (QED) is 0.552. The van der Waals surface area contributed by atoms with Crippen molar-refractivity contribution in [2.45, 2.75) is 6.54 Å². The summed E-state index contributed by atoms with van der Waals surface area (Å²) in [4.78, 5) is 30.2. The summed E-state index contributed by atoms with van der Waals surface area (Å²) in [7, 11) is 1.57. The molecule has 0 spiro atoms. The summed E-state index contributed by atoms with van der Waals surface area (Å²) < 4.78 is 19.0. The maximum Gasteiger partial charge on any atom is 0.254 e. The molecule has 5 nitrogen and oxygen atoms in total. The average molecular weight is 432 g/mol. The molecule has 0 unspecified atom stereocenters. The van der Waals surface area contributed by atoms with Crippen molar-refractivity contribution < 1.29 is 18.7 Å². The molecule has 0 N–H and O–H groups in total. The molecule has 1 aliphatic heterocycles. The van der Waals surface area contributed by atoms with Crippen molar-refractivity contribution in [2.75, 3.05) is 33.3 Å². The average Bonchev–Trinajstić information content (AvgIpc) is 2.84. The Labute approximate surface area is 187 Å². The lowest BCUT2D eigenvalue weighted by atomic mass is 9.97. The van der Waals surface area contributed by atoms with Crippen LogP contribution in [0.15, 0.2) is 72.8 Å². The van der Waals surface area contributed by atoms with Gasteiger partial charge in [-0.2, -0.15) is 0 Å². The van der Waals surface area contributed by atoms with Crippen LogP contribution in [0.2, 0.25) is 0 Å². The summed E-state index contributed by atoms with van der Waals surface area (Å²) in [6, 6.07) is 20.4.